The number of benzene rings is 3. The molecule has 0 N–H and O–H groups in total. The van der Waals surface area contributed by atoms with Gasteiger partial charge in [0.1, 0.15) is 11.5 Å². The molecule has 3 aromatic carbocycles. The van der Waals surface area contributed by atoms with Crippen LogP contribution < -0.4 is 9.47 Å². The van der Waals surface area contributed by atoms with E-state index in [0.29, 0.717) is 30.3 Å². The second kappa shape index (κ2) is 14.5. The van der Waals surface area contributed by atoms with E-state index in [-0.39, 0.29) is 5.97 Å². The van der Waals surface area contributed by atoms with Gasteiger partial charge in [-0.3, -0.25) is 0 Å². The Morgan fingerprint density at radius 3 is 2.11 bits per heavy atom. The Labute approximate surface area is 213 Å². The Balaban J connectivity index is 1.39. The quantitative estimate of drug-likeness (QED) is 0.103. The number of rotatable bonds is 14. The van der Waals surface area contributed by atoms with Crippen LogP contribution in [0.25, 0.3) is 11.1 Å². The lowest BCUT2D eigenvalue weighted by Crippen LogP contribution is -2.09. The van der Waals surface area contributed by atoms with E-state index in [1.165, 1.54) is 6.08 Å². The third-order valence-electron chi connectivity index (χ3n) is 5.81. The molecule has 0 unspecified atom stereocenters. The summed E-state index contributed by atoms with van der Waals surface area (Å²) in [5, 5.41) is 0. The Morgan fingerprint density at radius 1 is 0.778 bits per heavy atom. The number of esters is 2. The largest absolute Gasteiger partial charge is 0.493 e. The van der Waals surface area contributed by atoms with Crippen LogP contribution >= 0.6 is 0 Å². The molecule has 0 amide bonds. The summed E-state index contributed by atoms with van der Waals surface area (Å²) in [6, 6.07) is 23.0. The normalized spacial score (nSPS) is 10.5. The molecule has 0 aliphatic carbocycles. The smallest absolute Gasteiger partial charge is 0.343 e. The predicted octanol–water partition coefficient (Wildman–Crippen LogP) is 7.33. The fourth-order valence-electron chi connectivity index (χ4n) is 3.70. The lowest BCUT2D eigenvalue weighted by Gasteiger charge is -2.11. The molecule has 5 heteroatoms. The predicted molar refractivity (Wildman–Crippen MR) is 142 cm³/mol. The molecule has 3 rings (SSSR count). The Bertz CT molecular complexity index is 1120. The summed E-state index contributed by atoms with van der Waals surface area (Å²) in [6.45, 7) is 6.34. The molecule has 0 atom stereocenters. The maximum atomic E-state index is 12.7. The van der Waals surface area contributed by atoms with Crippen molar-refractivity contribution >= 4 is 11.9 Å². The van der Waals surface area contributed by atoms with Gasteiger partial charge in [-0.05, 0) is 54.7 Å². The Hall–Kier alpha value is -3.86. The van der Waals surface area contributed by atoms with Gasteiger partial charge in [0.05, 0.1) is 18.8 Å². The highest BCUT2D eigenvalue weighted by atomic mass is 16.5. The number of carbonyl (C=O) groups is 2. The van der Waals surface area contributed by atoms with E-state index in [0.717, 1.165) is 55.2 Å². The fourth-order valence-corrected chi connectivity index (χ4v) is 3.70. The standard InChI is InChI=1S/C31H34O5/c1-3-30(32)35-22-12-7-5-4-6-11-21-34-28-20-15-24(2)29(23-28)36-31(33)27-18-16-26(17-19-27)25-13-9-8-10-14-25/h3,8-10,13-20,23H,1,4-7,11-12,21-22H2,2H3. The zero-order valence-electron chi connectivity index (χ0n) is 20.9. The third-order valence-corrected chi connectivity index (χ3v) is 5.81. The first kappa shape index (κ1) is 26.7. The number of aryl methyl sites for hydroxylation is 1. The minimum atomic E-state index is -0.394. The summed E-state index contributed by atoms with van der Waals surface area (Å²) < 4.78 is 16.5. The van der Waals surface area contributed by atoms with Gasteiger partial charge in [0.2, 0.25) is 0 Å². The molecule has 0 aliphatic rings. The van der Waals surface area contributed by atoms with Gasteiger partial charge in [-0.15, -0.1) is 0 Å². The van der Waals surface area contributed by atoms with Gasteiger partial charge < -0.3 is 14.2 Å². The molecule has 0 bridgehead atoms. The average molecular weight is 487 g/mol. The number of ether oxygens (including phenoxy) is 3. The summed E-state index contributed by atoms with van der Waals surface area (Å²) >= 11 is 0. The second-order valence-electron chi connectivity index (χ2n) is 8.60. The Morgan fingerprint density at radius 2 is 1.42 bits per heavy atom. The van der Waals surface area contributed by atoms with Crippen LogP contribution in [0.2, 0.25) is 0 Å². The van der Waals surface area contributed by atoms with Crippen molar-refractivity contribution in [1.82, 2.24) is 0 Å². The highest BCUT2D eigenvalue weighted by molar-refractivity contribution is 5.91. The number of hydrogen-bond donors (Lipinski definition) is 0. The molecule has 0 saturated heterocycles. The van der Waals surface area contributed by atoms with E-state index < -0.39 is 5.97 Å². The number of hydrogen-bond acceptors (Lipinski definition) is 5. The molecule has 0 spiro atoms. The molecule has 0 saturated carbocycles. The van der Waals surface area contributed by atoms with Crippen LogP contribution in [0.4, 0.5) is 0 Å². The molecule has 5 nitrogen and oxygen atoms in total. The molecular weight excluding hydrogens is 452 g/mol. The summed E-state index contributed by atoms with van der Waals surface area (Å²) in [5.41, 5.74) is 3.52. The van der Waals surface area contributed by atoms with E-state index in [9.17, 15) is 9.59 Å². The first-order valence-corrected chi connectivity index (χ1v) is 12.5. The van der Waals surface area contributed by atoms with Crippen molar-refractivity contribution in [3.8, 4) is 22.6 Å². The van der Waals surface area contributed by atoms with Crippen LogP contribution in [0.1, 0.15) is 54.4 Å². The van der Waals surface area contributed by atoms with E-state index in [4.69, 9.17) is 14.2 Å². The summed E-state index contributed by atoms with van der Waals surface area (Å²) in [6.07, 6.45) is 7.32. The van der Waals surface area contributed by atoms with Crippen molar-refractivity contribution in [2.45, 2.75) is 45.4 Å². The van der Waals surface area contributed by atoms with Crippen LogP contribution in [-0.4, -0.2) is 25.2 Å². The van der Waals surface area contributed by atoms with Crippen LogP contribution in [0.5, 0.6) is 11.5 Å². The molecule has 0 aromatic heterocycles. The van der Waals surface area contributed by atoms with Crippen LogP contribution in [0, 0.1) is 6.92 Å². The minimum absolute atomic E-state index is 0.362. The van der Waals surface area contributed by atoms with Gasteiger partial charge in [-0.25, -0.2) is 9.59 Å². The van der Waals surface area contributed by atoms with Crippen molar-refractivity contribution in [1.29, 1.82) is 0 Å². The maximum absolute atomic E-state index is 12.7. The van der Waals surface area contributed by atoms with Crippen molar-refractivity contribution in [3.63, 3.8) is 0 Å². The van der Waals surface area contributed by atoms with Gasteiger partial charge in [0.25, 0.3) is 0 Å². The van der Waals surface area contributed by atoms with Gasteiger partial charge >= 0.3 is 11.9 Å². The van der Waals surface area contributed by atoms with Crippen molar-refractivity contribution in [2.24, 2.45) is 0 Å². The second-order valence-corrected chi connectivity index (χ2v) is 8.60. The number of unbranched alkanes of at least 4 members (excludes halogenated alkanes) is 5. The van der Waals surface area contributed by atoms with E-state index in [1.807, 2.05) is 61.5 Å². The zero-order chi connectivity index (χ0) is 25.6. The lowest BCUT2D eigenvalue weighted by molar-refractivity contribution is -0.137. The molecule has 0 heterocycles. The molecule has 3 aromatic rings. The SMILES string of the molecule is C=CC(=O)OCCCCCCCCOc1ccc(C)c(OC(=O)c2ccc(-c3ccccc3)cc2)c1. The highest BCUT2D eigenvalue weighted by Crippen LogP contribution is 2.26. The first-order valence-electron chi connectivity index (χ1n) is 12.5. The van der Waals surface area contributed by atoms with Crippen LogP contribution in [0.3, 0.4) is 0 Å². The Kier molecular flexibility index (Phi) is 10.8. The van der Waals surface area contributed by atoms with Crippen LogP contribution in [0.15, 0.2) is 85.5 Å². The van der Waals surface area contributed by atoms with Gasteiger partial charge in [0, 0.05) is 12.1 Å². The van der Waals surface area contributed by atoms with Crippen LogP contribution in [-0.2, 0) is 9.53 Å². The molecule has 0 radical (unpaired) electrons. The monoisotopic (exact) mass is 486 g/mol. The summed E-state index contributed by atoms with van der Waals surface area (Å²) in [5.74, 6) is 0.432. The van der Waals surface area contributed by atoms with E-state index >= 15 is 0 Å². The lowest BCUT2D eigenvalue weighted by atomic mass is 10.0. The molecule has 188 valence electrons. The topological polar surface area (TPSA) is 61.8 Å². The third kappa shape index (κ3) is 8.73. The zero-order valence-corrected chi connectivity index (χ0v) is 20.9. The van der Waals surface area contributed by atoms with Gasteiger partial charge in [-0.2, -0.15) is 0 Å². The fraction of sp³-hybridized carbons (Fsp3) is 0.290. The van der Waals surface area contributed by atoms with Crippen molar-refractivity contribution in [2.75, 3.05) is 13.2 Å². The van der Waals surface area contributed by atoms with Crippen molar-refractivity contribution in [3.05, 3.63) is 96.6 Å². The minimum Gasteiger partial charge on any atom is -0.493 e. The maximum Gasteiger partial charge on any atom is 0.343 e. The summed E-state index contributed by atoms with van der Waals surface area (Å²) in [7, 11) is 0. The molecule has 0 fully saturated rings. The highest BCUT2D eigenvalue weighted by Gasteiger charge is 2.12. The van der Waals surface area contributed by atoms with Crippen molar-refractivity contribution < 1.29 is 23.8 Å². The average Bonchev–Trinajstić information content (AvgIpc) is 2.91. The van der Waals surface area contributed by atoms with Gasteiger partial charge in [-0.1, -0.05) is 80.8 Å². The van der Waals surface area contributed by atoms with E-state index in [2.05, 4.69) is 6.58 Å². The first-order chi connectivity index (χ1) is 17.6. The van der Waals surface area contributed by atoms with E-state index in [1.54, 1.807) is 18.2 Å². The number of carbonyl (C=O) groups excluding carboxylic acids is 2. The molecule has 0 aliphatic heterocycles. The van der Waals surface area contributed by atoms with Gasteiger partial charge in [0.15, 0.2) is 0 Å². The molecular formula is C31H34O5. The summed E-state index contributed by atoms with van der Waals surface area (Å²) in [4.78, 5) is 23.7. The molecule has 36 heavy (non-hydrogen) atoms.